The Labute approximate surface area is 173 Å². The van der Waals surface area contributed by atoms with E-state index < -0.39 is 0 Å². The third-order valence-electron chi connectivity index (χ3n) is 4.85. The number of fused-ring (bicyclic) bond motifs is 1. The molecule has 9 heteroatoms. The van der Waals surface area contributed by atoms with Crippen LogP contribution >= 0.6 is 0 Å². The second-order valence-corrected chi connectivity index (χ2v) is 6.57. The van der Waals surface area contributed by atoms with Crippen molar-refractivity contribution in [2.75, 3.05) is 21.0 Å². The fraction of sp³-hybridized carbons (Fsp3) is 0.381. The Bertz CT molecular complexity index is 1200. The van der Waals surface area contributed by atoms with Gasteiger partial charge in [-0.1, -0.05) is 12.1 Å². The molecule has 0 aliphatic carbocycles. The number of nitrogens with zero attached hydrogens (tertiary/aromatic N) is 4. The molecule has 3 aromatic rings. The van der Waals surface area contributed by atoms with Gasteiger partial charge in [-0.25, -0.2) is 9.78 Å². The first-order chi connectivity index (χ1) is 14.5. The van der Waals surface area contributed by atoms with Crippen LogP contribution in [0.3, 0.4) is 0 Å². The molecule has 0 atom stereocenters. The maximum absolute atomic E-state index is 12.8. The van der Waals surface area contributed by atoms with Gasteiger partial charge in [0.05, 0.1) is 7.11 Å². The van der Waals surface area contributed by atoms with Crippen LogP contribution in [-0.2, 0) is 24.9 Å². The number of imidazole rings is 1. The Balaban J connectivity index is 2.05. The molecule has 0 spiro atoms. The fourth-order valence-corrected chi connectivity index (χ4v) is 3.29. The van der Waals surface area contributed by atoms with Crippen LogP contribution in [0.15, 0.2) is 27.8 Å². The smallest absolute Gasteiger partial charge is 0.332 e. The lowest BCUT2D eigenvalue weighted by molar-refractivity contribution is 0.0491. The van der Waals surface area contributed by atoms with Crippen LogP contribution in [0.4, 0.5) is 0 Å². The van der Waals surface area contributed by atoms with E-state index in [9.17, 15) is 9.59 Å². The molecule has 0 fully saturated rings. The number of aryl methyl sites for hydroxylation is 2. The van der Waals surface area contributed by atoms with Crippen molar-refractivity contribution in [1.82, 2.24) is 18.7 Å². The number of hydrogen-bond donors (Lipinski definition) is 0. The molecule has 1 aromatic carbocycles. The van der Waals surface area contributed by atoms with Crippen molar-refractivity contribution in [2.24, 2.45) is 7.05 Å². The minimum Gasteiger partial charge on any atom is -0.493 e. The molecule has 0 bridgehead atoms. The van der Waals surface area contributed by atoms with Gasteiger partial charge in [0.1, 0.15) is 5.82 Å². The predicted octanol–water partition coefficient (Wildman–Crippen LogP) is 2.10. The first kappa shape index (κ1) is 21.4. The van der Waals surface area contributed by atoms with Crippen molar-refractivity contribution in [2.45, 2.75) is 26.9 Å². The Kier molecular flexibility index (Phi) is 6.41. The van der Waals surface area contributed by atoms with Crippen LogP contribution < -0.4 is 20.7 Å². The Morgan fingerprint density at radius 1 is 1.03 bits per heavy atom. The van der Waals surface area contributed by atoms with E-state index in [-0.39, 0.29) is 18.0 Å². The minimum atomic E-state index is -0.345. The lowest BCUT2D eigenvalue weighted by Gasteiger charge is -2.10. The van der Waals surface area contributed by atoms with Gasteiger partial charge in [0.15, 0.2) is 29.5 Å². The van der Waals surface area contributed by atoms with Crippen molar-refractivity contribution in [3.63, 3.8) is 0 Å². The first-order valence-corrected chi connectivity index (χ1v) is 9.64. The molecule has 0 saturated carbocycles. The van der Waals surface area contributed by atoms with E-state index >= 15 is 0 Å². The number of methoxy groups -OCH3 is 2. The first-order valence-electron chi connectivity index (χ1n) is 9.64. The van der Waals surface area contributed by atoms with Gasteiger partial charge in [-0.15, -0.1) is 0 Å². The van der Waals surface area contributed by atoms with Crippen molar-refractivity contribution < 1.29 is 14.2 Å². The van der Waals surface area contributed by atoms with E-state index in [1.54, 1.807) is 44.9 Å². The fourth-order valence-electron chi connectivity index (χ4n) is 3.29. The molecular formula is C21H26N4O5. The summed E-state index contributed by atoms with van der Waals surface area (Å²) in [6.07, 6.45) is 3.65. The van der Waals surface area contributed by atoms with Crippen molar-refractivity contribution in [3.8, 4) is 11.5 Å². The van der Waals surface area contributed by atoms with Crippen LogP contribution in [0.2, 0.25) is 0 Å². The molecule has 2 heterocycles. The minimum absolute atomic E-state index is 0.125. The summed E-state index contributed by atoms with van der Waals surface area (Å²) in [7, 11) is 4.88. The van der Waals surface area contributed by atoms with E-state index in [2.05, 4.69) is 4.98 Å². The Morgan fingerprint density at radius 2 is 1.77 bits per heavy atom. The van der Waals surface area contributed by atoms with E-state index in [1.165, 1.54) is 9.13 Å². The highest BCUT2D eigenvalue weighted by Gasteiger charge is 2.17. The Hall–Kier alpha value is -3.33. The van der Waals surface area contributed by atoms with Gasteiger partial charge < -0.3 is 18.8 Å². The topological polar surface area (TPSA) is 89.5 Å². The molecule has 2 aromatic heterocycles. The van der Waals surface area contributed by atoms with Gasteiger partial charge in [-0.05, 0) is 37.6 Å². The summed E-state index contributed by atoms with van der Waals surface area (Å²) >= 11 is 0. The number of rotatable bonds is 8. The van der Waals surface area contributed by atoms with Crippen molar-refractivity contribution in [3.05, 3.63) is 50.4 Å². The highest BCUT2D eigenvalue weighted by atomic mass is 16.7. The van der Waals surface area contributed by atoms with Gasteiger partial charge in [0, 0.05) is 27.2 Å². The molecule has 0 unspecified atom stereocenters. The van der Waals surface area contributed by atoms with Crippen LogP contribution in [0.1, 0.15) is 25.2 Å². The molecule has 0 aliphatic heterocycles. The number of ether oxygens (including phenoxy) is 3. The van der Waals surface area contributed by atoms with Gasteiger partial charge >= 0.3 is 5.69 Å². The van der Waals surface area contributed by atoms with Gasteiger partial charge in [-0.3, -0.25) is 13.9 Å². The van der Waals surface area contributed by atoms with Gasteiger partial charge in [-0.2, -0.15) is 0 Å². The van der Waals surface area contributed by atoms with Crippen LogP contribution in [0, 0.1) is 0 Å². The number of aromatic nitrogens is 4. The van der Waals surface area contributed by atoms with Crippen LogP contribution in [-0.4, -0.2) is 39.7 Å². The second kappa shape index (κ2) is 9.00. The number of benzene rings is 1. The summed E-state index contributed by atoms with van der Waals surface area (Å²) in [5.74, 6) is 1.72. The summed E-state index contributed by atoms with van der Waals surface area (Å²) in [5.41, 5.74) is 0.974. The summed E-state index contributed by atoms with van der Waals surface area (Å²) in [6.45, 7) is 4.49. The summed E-state index contributed by atoms with van der Waals surface area (Å²) in [6, 6.07) is 5.50. The normalized spacial score (nSPS) is 11.5. The highest BCUT2D eigenvalue weighted by molar-refractivity contribution is 5.77. The molecule has 0 radical (unpaired) electrons. The molecule has 3 rings (SSSR count). The molecule has 30 heavy (non-hydrogen) atoms. The van der Waals surface area contributed by atoms with Crippen molar-refractivity contribution in [1.29, 1.82) is 0 Å². The van der Waals surface area contributed by atoms with Gasteiger partial charge in [0.25, 0.3) is 5.56 Å². The average molecular weight is 414 g/mol. The Morgan fingerprint density at radius 3 is 2.40 bits per heavy atom. The lowest BCUT2D eigenvalue weighted by Crippen LogP contribution is -2.39. The highest BCUT2D eigenvalue weighted by Crippen LogP contribution is 2.28. The zero-order chi connectivity index (χ0) is 21.8. The third-order valence-corrected chi connectivity index (χ3v) is 4.85. The zero-order valence-corrected chi connectivity index (χ0v) is 17.8. The molecule has 0 N–H and O–H groups in total. The largest absolute Gasteiger partial charge is 0.493 e. The molecule has 160 valence electrons. The molecule has 0 amide bonds. The summed E-state index contributed by atoms with van der Waals surface area (Å²) in [5, 5.41) is 0. The van der Waals surface area contributed by atoms with E-state index in [0.717, 1.165) is 5.56 Å². The maximum Gasteiger partial charge on any atom is 0.332 e. The molecule has 9 nitrogen and oxygen atoms in total. The van der Waals surface area contributed by atoms with E-state index in [0.29, 0.717) is 41.6 Å². The average Bonchev–Trinajstić information content (AvgIpc) is 3.07. The third kappa shape index (κ3) is 3.76. The monoisotopic (exact) mass is 414 g/mol. The second-order valence-electron chi connectivity index (χ2n) is 6.57. The predicted molar refractivity (Wildman–Crippen MR) is 115 cm³/mol. The molecule has 0 aliphatic rings. The molecule has 0 saturated heterocycles. The maximum atomic E-state index is 12.8. The SMILES string of the molecule is CCn1c(=O)c2c(nc(/C=C/c3ccc(OCOC)c(OC)c3)n2C)n(CC)c1=O. The quantitative estimate of drug-likeness (QED) is 0.525. The molecular weight excluding hydrogens is 388 g/mol. The van der Waals surface area contributed by atoms with Gasteiger partial charge in [0.2, 0.25) is 0 Å². The van der Waals surface area contributed by atoms with Crippen molar-refractivity contribution >= 4 is 23.3 Å². The van der Waals surface area contributed by atoms with Crippen LogP contribution in [0.5, 0.6) is 11.5 Å². The summed E-state index contributed by atoms with van der Waals surface area (Å²) in [4.78, 5) is 29.9. The number of hydrogen-bond acceptors (Lipinski definition) is 6. The summed E-state index contributed by atoms with van der Waals surface area (Å²) < 4.78 is 20.2. The standard InChI is InChI=1S/C21H26N4O5/c1-6-24-19-18(20(26)25(7-2)21(24)27)23(3)17(22-19)11-9-14-8-10-15(30-13-28-4)16(12-14)29-5/h8-12H,6-7,13H2,1-5H3/b11-9+. The lowest BCUT2D eigenvalue weighted by atomic mass is 10.2. The van der Waals surface area contributed by atoms with E-state index in [1.807, 2.05) is 25.1 Å². The van der Waals surface area contributed by atoms with E-state index in [4.69, 9.17) is 14.2 Å². The zero-order valence-electron chi connectivity index (χ0n) is 17.8. The van der Waals surface area contributed by atoms with Crippen LogP contribution in [0.25, 0.3) is 23.3 Å².